The van der Waals surface area contributed by atoms with E-state index in [1.165, 1.54) is 0 Å². The van der Waals surface area contributed by atoms with Gasteiger partial charge in [-0.15, -0.1) is 0 Å². The molecule has 0 aromatic heterocycles. The molecule has 2 rings (SSSR count). The lowest BCUT2D eigenvalue weighted by Gasteiger charge is -2.24. The molecule has 1 amide bonds. The zero-order valence-electron chi connectivity index (χ0n) is 11.0. The first-order valence-corrected chi connectivity index (χ1v) is 6.37. The van der Waals surface area contributed by atoms with Gasteiger partial charge in [-0.1, -0.05) is 11.6 Å². The van der Waals surface area contributed by atoms with Crippen molar-refractivity contribution in [1.82, 2.24) is 10.6 Å². The first kappa shape index (κ1) is 12.9. The minimum absolute atomic E-state index is 0.0516. The van der Waals surface area contributed by atoms with Crippen molar-refractivity contribution in [3.8, 4) is 5.75 Å². The fraction of sp³-hybridized carbons (Fsp3) is 0.500. The Morgan fingerprint density at radius 1 is 1.50 bits per heavy atom. The van der Waals surface area contributed by atoms with Gasteiger partial charge < -0.3 is 15.4 Å². The van der Waals surface area contributed by atoms with E-state index in [-0.39, 0.29) is 11.9 Å². The number of methoxy groups -OCH3 is 1. The minimum atomic E-state index is -0.0516. The maximum atomic E-state index is 12.2. The van der Waals surface area contributed by atoms with Gasteiger partial charge in [0.15, 0.2) is 0 Å². The largest absolute Gasteiger partial charge is 0.496 e. The Balaban J connectivity index is 2.09. The van der Waals surface area contributed by atoms with Crippen molar-refractivity contribution in [2.75, 3.05) is 20.2 Å². The highest BCUT2D eigenvalue weighted by atomic mass is 16.5. The zero-order valence-corrected chi connectivity index (χ0v) is 11.0. The molecule has 1 aromatic rings. The highest BCUT2D eigenvalue weighted by Gasteiger charge is 2.18. The van der Waals surface area contributed by atoms with Gasteiger partial charge in [0.1, 0.15) is 5.75 Å². The van der Waals surface area contributed by atoms with Crippen LogP contribution >= 0.6 is 0 Å². The Kier molecular flexibility index (Phi) is 4.20. The number of amides is 1. The number of benzene rings is 1. The Bertz CT molecular complexity index is 426. The van der Waals surface area contributed by atoms with Crippen molar-refractivity contribution in [2.24, 2.45) is 0 Å². The van der Waals surface area contributed by atoms with Crippen LogP contribution in [-0.2, 0) is 0 Å². The summed E-state index contributed by atoms with van der Waals surface area (Å²) < 4.78 is 5.23. The monoisotopic (exact) mass is 248 g/mol. The summed E-state index contributed by atoms with van der Waals surface area (Å²) in [6.07, 6.45) is 2.14. The van der Waals surface area contributed by atoms with Crippen molar-refractivity contribution < 1.29 is 9.53 Å². The fourth-order valence-electron chi connectivity index (χ4n) is 2.24. The summed E-state index contributed by atoms with van der Waals surface area (Å²) >= 11 is 0. The molecule has 4 heteroatoms. The molecular weight excluding hydrogens is 228 g/mol. The molecule has 98 valence electrons. The van der Waals surface area contributed by atoms with Crippen molar-refractivity contribution in [3.63, 3.8) is 0 Å². The molecule has 1 unspecified atom stereocenters. The molecule has 1 saturated heterocycles. The van der Waals surface area contributed by atoms with E-state index in [1.54, 1.807) is 7.11 Å². The molecule has 0 radical (unpaired) electrons. The van der Waals surface area contributed by atoms with Gasteiger partial charge in [0.25, 0.3) is 5.91 Å². The lowest BCUT2D eigenvalue weighted by atomic mass is 10.1. The Morgan fingerprint density at radius 2 is 2.33 bits per heavy atom. The van der Waals surface area contributed by atoms with Gasteiger partial charge in [-0.3, -0.25) is 4.79 Å². The second kappa shape index (κ2) is 5.87. The number of aryl methyl sites for hydroxylation is 1. The molecule has 1 heterocycles. The lowest BCUT2D eigenvalue weighted by Crippen LogP contribution is -2.45. The summed E-state index contributed by atoms with van der Waals surface area (Å²) in [5.74, 6) is 0.575. The third kappa shape index (κ3) is 3.01. The number of nitrogens with one attached hydrogen (secondary N) is 2. The number of rotatable bonds is 3. The van der Waals surface area contributed by atoms with Crippen LogP contribution in [-0.4, -0.2) is 32.1 Å². The standard InChI is InChI=1S/C14H20N2O2/c1-10-5-6-13(18-2)12(8-10)14(17)16-11-4-3-7-15-9-11/h5-6,8,11,15H,3-4,7,9H2,1-2H3,(H,16,17). The molecule has 0 saturated carbocycles. The number of piperidine rings is 1. The average molecular weight is 248 g/mol. The molecule has 1 fully saturated rings. The van der Waals surface area contributed by atoms with Gasteiger partial charge in [-0.25, -0.2) is 0 Å². The third-order valence-corrected chi connectivity index (χ3v) is 3.23. The number of ether oxygens (including phenoxy) is 1. The van der Waals surface area contributed by atoms with Crippen LogP contribution in [0.3, 0.4) is 0 Å². The third-order valence-electron chi connectivity index (χ3n) is 3.23. The van der Waals surface area contributed by atoms with Gasteiger partial charge >= 0.3 is 0 Å². The second-order valence-corrected chi connectivity index (χ2v) is 4.72. The van der Waals surface area contributed by atoms with Crippen LogP contribution in [0.2, 0.25) is 0 Å². The number of carbonyl (C=O) groups is 1. The van der Waals surface area contributed by atoms with Gasteiger partial charge in [0.2, 0.25) is 0 Å². The van der Waals surface area contributed by atoms with Crippen LogP contribution in [0.15, 0.2) is 18.2 Å². The summed E-state index contributed by atoms with van der Waals surface area (Å²) in [6.45, 7) is 3.86. The molecule has 0 bridgehead atoms. The molecule has 1 aromatic carbocycles. The molecule has 1 aliphatic heterocycles. The summed E-state index contributed by atoms with van der Waals surface area (Å²) in [7, 11) is 1.59. The van der Waals surface area contributed by atoms with Crippen LogP contribution < -0.4 is 15.4 Å². The number of carbonyl (C=O) groups excluding carboxylic acids is 1. The molecule has 2 N–H and O–H groups in total. The van der Waals surface area contributed by atoms with E-state index in [1.807, 2.05) is 25.1 Å². The molecule has 1 aliphatic rings. The van der Waals surface area contributed by atoms with Crippen LogP contribution in [0.1, 0.15) is 28.8 Å². The Morgan fingerprint density at radius 3 is 3.00 bits per heavy atom. The van der Waals surface area contributed by atoms with Gasteiger partial charge in [-0.05, 0) is 38.4 Å². The first-order chi connectivity index (χ1) is 8.70. The van der Waals surface area contributed by atoms with E-state index in [4.69, 9.17) is 4.74 Å². The molecule has 1 atom stereocenters. The molecule has 0 spiro atoms. The van der Waals surface area contributed by atoms with Gasteiger partial charge in [0, 0.05) is 12.6 Å². The van der Waals surface area contributed by atoms with Crippen molar-refractivity contribution >= 4 is 5.91 Å². The predicted octanol–water partition coefficient (Wildman–Crippen LogP) is 1.49. The van der Waals surface area contributed by atoms with Crippen molar-refractivity contribution in [2.45, 2.75) is 25.8 Å². The Hall–Kier alpha value is -1.55. The number of hydrogen-bond acceptors (Lipinski definition) is 3. The molecule has 0 aliphatic carbocycles. The van der Waals surface area contributed by atoms with E-state index in [9.17, 15) is 4.79 Å². The van der Waals surface area contributed by atoms with E-state index in [0.29, 0.717) is 11.3 Å². The fourth-order valence-corrected chi connectivity index (χ4v) is 2.24. The van der Waals surface area contributed by atoms with Crippen molar-refractivity contribution in [1.29, 1.82) is 0 Å². The second-order valence-electron chi connectivity index (χ2n) is 4.72. The van der Waals surface area contributed by atoms with E-state index in [0.717, 1.165) is 31.5 Å². The van der Waals surface area contributed by atoms with Crippen LogP contribution in [0.25, 0.3) is 0 Å². The zero-order chi connectivity index (χ0) is 13.0. The van der Waals surface area contributed by atoms with Crippen molar-refractivity contribution in [3.05, 3.63) is 29.3 Å². The maximum absolute atomic E-state index is 12.2. The summed E-state index contributed by atoms with van der Waals surface area (Å²) in [4.78, 5) is 12.2. The Labute approximate surface area is 108 Å². The van der Waals surface area contributed by atoms with E-state index >= 15 is 0 Å². The summed E-state index contributed by atoms with van der Waals surface area (Å²) in [5.41, 5.74) is 1.67. The van der Waals surface area contributed by atoms with E-state index < -0.39 is 0 Å². The van der Waals surface area contributed by atoms with Crippen LogP contribution in [0, 0.1) is 6.92 Å². The highest BCUT2D eigenvalue weighted by Crippen LogP contribution is 2.19. The van der Waals surface area contributed by atoms with Gasteiger partial charge in [0.05, 0.1) is 12.7 Å². The van der Waals surface area contributed by atoms with Crippen LogP contribution in [0.4, 0.5) is 0 Å². The number of hydrogen-bond donors (Lipinski definition) is 2. The quantitative estimate of drug-likeness (QED) is 0.852. The van der Waals surface area contributed by atoms with E-state index in [2.05, 4.69) is 10.6 Å². The summed E-state index contributed by atoms with van der Waals surface area (Å²) in [6, 6.07) is 5.86. The van der Waals surface area contributed by atoms with Crippen LogP contribution in [0.5, 0.6) is 5.75 Å². The molecular formula is C14H20N2O2. The topological polar surface area (TPSA) is 50.4 Å². The maximum Gasteiger partial charge on any atom is 0.255 e. The minimum Gasteiger partial charge on any atom is -0.496 e. The molecule has 4 nitrogen and oxygen atoms in total. The normalized spacial score (nSPS) is 19.3. The average Bonchev–Trinajstić information content (AvgIpc) is 2.40. The smallest absolute Gasteiger partial charge is 0.255 e. The lowest BCUT2D eigenvalue weighted by molar-refractivity contribution is 0.0927. The SMILES string of the molecule is COc1ccc(C)cc1C(=O)NC1CCCNC1. The van der Waals surface area contributed by atoms with Gasteiger partial charge in [-0.2, -0.15) is 0 Å². The highest BCUT2D eigenvalue weighted by molar-refractivity contribution is 5.97. The summed E-state index contributed by atoms with van der Waals surface area (Å²) in [5, 5.41) is 6.34. The first-order valence-electron chi connectivity index (χ1n) is 6.37. The molecule has 18 heavy (non-hydrogen) atoms. The predicted molar refractivity (Wildman–Crippen MR) is 71.1 cm³/mol.